The molecule has 0 radical (unpaired) electrons. The van der Waals surface area contributed by atoms with E-state index >= 15 is 0 Å². The van der Waals surface area contributed by atoms with Crippen molar-refractivity contribution in [3.8, 4) is 0 Å². The van der Waals surface area contributed by atoms with E-state index in [2.05, 4.69) is 0 Å². The zero-order valence-electron chi connectivity index (χ0n) is 5.21. The lowest BCUT2D eigenvalue weighted by atomic mass is 10.0. The lowest BCUT2D eigenvalue weighted by Gasteiger charge is -2.16. The Morgan fingerprint density at radius 2 is 2.33 bits per heavy atom. The molecule has 1 aliphatic carbocycles. The summed E-state index contributed by atoms with van der Waals surface area (Å²) in [6, 6.07) is 0. The van der Waals surface area contributed by atoms with Gasteiger partial charge in [0, 0.05) is 11.0 Å². The fourth-order valence-corrected chi connectivity index (χ4v) is 1.05. The van der Waals surface area contributed by atoms with Crippen molar-refractivity contribution < 1.29 is 5.11 Å². The van der Waals surface area contributed by atoms with Crippen molar-refractivity contribution >= 4 is 11.6 Å². The molecule has 0 heterocycles. The van der Waals surface area contributed by atoms with Crippen LogP contribution in [0, 0.1) is 5.92 Å². The Morgan fingerprint density at radius 1 is 1.67 bits per heavy atom. The van der Waals surface area contributed by atoms with Crippen LogP contribution in [-0.2, 0) is 0 Å². The van der Waals surface area contributed by atoms with Crippen LogP contribution < -0.4 is 0 Å². The third-order valence-electron chi connectivity index (χ3n) is 1.45. The molecule has 0 amide bonds. The Bertz CT molecular complexity index is 160. The molecule has 2 atom stereocenters. The number of aliphatic hydroxyl groups is 1. The first-order valence-electron chi connectivity index (χ1n) is 2.94. The highest BCUT2D eigenvalue weighted by Gasteiger charge is 2.16. The number of halogens is 1. The fourth-order valence-electron chi connectivity index (χ4n) is 0.778. The first-order valence-corrected chi connectivity index (χ1v) is 3.31. The highest BCUT2D eigenvalue weighted by Crippen LogP contribution is 2.21. The van der Waals surface area contributed by atoms with E-state index in [0.29, 0.717) is 5.03 Å². The van der Waals surface area contributed by atoms with Crippen molar-refractivity contribution in [2.75, 3.05) is 0 Å². The monoisotopic (exact) mass is 144 g/mol. The minimum atomic E-state index is -0.489. The van der Waals surface area contributed by atoms with Crippen molar-refractivity contribution in [1.82, 2.24) is 0 Å². The van der Waals surface area contributed by atoms with Crippen LogP contribution >= 0.6 is 11.6 Å². The highest BCUT2D eigenvalue weighted by molar-refractivity contribution is 6.30. The molecule has 0 saturated carbocycles. The average Bonchev–Trinajstić information content (AvgIpc) is 1.83. The van der Waals surface area contributed by atoms with Gasteiger partial charge in [-0.05, 0) is 6.08 Å². The van der Waals surface area contributed by atoms with Crippen LogP contribution in [0.15, 0.2) is 23.3 Å². The molecule has 9 heavy (non-hydrogen) atoms. The predicted octanol–water partition coefficient (Wildman–Crippen LogP) is 1.68. The SMILES string of the molecule is CC1C=CC=C(Cl)[C@H]1O. The quantitative estimate of drug-likeness (QED) is 0.549. The second-order valence-electron chi connectivity index (χ2n) is 2.24. The van der Waals surface area contributed by atoms with Gasteiger partial charge in [0.1, 0.15) is 0 Å². The van der Waals surface area contributed by atoms with Crippen molar-refractivity contribution in [2.24, 2.45) is 5.92 Å². The van der Waals surface area contributed by atoms with Crippen molar-refractivity contribution in [3.63, 3.8) is 0 Å². The molecule has 0 fully saturated rings. The van der Waals surface area contributed by atoms with Crippen LogP contribution in [-0.4, -0.2) is 11.2 Å². The molecule has 1 aliphatic rings. The van der Waals surface area contributed by atoms with Crippen molar-refractivity contribution in [1.29, 1.82) is 0 Å². The molecular weight excluding hydrogens is 136 g/mol. The van der Waals surface area contributed by atoms with Crippen LogP contribution in [0.2, 0.25) is 0 Å². The number of rotatable bonds is 0. The first kappa shape index (κ1) is 6.84. The summed E-state index contributed by atoms with van der Waals surface area (Å²) >= 11 is 5.62. The summed E-state index contributed by atoms with van der Waals surface area (Å²) in [5, 5.41) is 9.73. The Morgan fingerprint density at radius 3 is 2.78 bits per heavy atom. The lowest BCUT2D eigenvalue weighted by Crippen LogP contribution is -2.17. The summed E-state index contributed by atoms with van der Waals surface area (Å²) < 4.78 is 0. The molecule has 1 rings (SSSR count). The third kappa shape index (κ3) is 1.35. The molecule has 1 nitrogen and oxygen atoms in total. The standard InChI is InChI=1S/C7H9ClO/c1-5-3-2-4-6(8)7(5)9/h2-5,7,9H,1H3/t5?,7-/m0/s1. The van der Waals surface area contributed by atoms with Gasteiger partial charge >= 0.3 is 0 Å². The fraction of sp³-hybridized carbons (Fsp3) is 0.429. The van der Waals surface area contributed by atoms with Gasteiger partial charge < -0.3 is 5.11 Å². The van der Waals surface area contributed by atoms with E-state index in [9.17, 15) is 5.11 Å². The van der Waals surface area contributed by atoms with Crippen molar-refractivity contribution in [3.05, 3.63) is 23.3 Å². The van der Waals surface area contributed by atoms with E-state index in [1.54, 1.807) is 6.08 Å². The second-order valence-corrected chi connectivity index (χ2v) is 2.68. The van der Waals surface area contributed by atoms with Gasteiger partial charge in [0.2, 0.25) is 0 Å². The third-order valence-corrected chi connectivity index (χ3v) is 1.80. The Kier molecular flexibility index (Phi) is 1.94. The molecule has 0 aromatic rings. The molecule has 0 aliphatic heterocycles. The van der Waals surface area contributed by atoms with Gasteiger partial charge in [0.05, 0.1) is 6.10 Å². The summed E-state index contributed by atoms with van der Waals surface area (Å²) in [4.78, 5) is 0. The van der Waals surface area contributed by atoms with E-state index < -0.39 is 6.10 Å². The largest absolute Gasteiger partial charge is 0.387 e. The normalized spacial score (nSPS) is 34.3. The van der Waals surface area contributed by atoms with Gasteiger partial charge in [-0.2, -0.15) is 0 Å². The number of allylic oxidation sites excluding steroid dienone is 2. The lowest BCUT2D eigenvalue weighted by molar-refractivity contribution is 0.179. The van der Waals surface area contributed by atoms with Gasteiger partial charge in [-0.3, -0.25) is 0 Å². The van der Waals surface area contributed by atoms with Gasteiger partial charge in [-0.1, -0.05) is 30.7 Å². The summed E-state index contributed by atoms with van der Waals surface area (Å²) in [6.07, 6.45) is 5.01. The van der Waals surface area contributed by atoms with E-state index in [-0.39, 0.29) is 5.92 Å². The van der Waals surface area contributed by atoms with Crippen LogP contribution in [0.3, 0.4) is 0 Å². The van der Waals surface area contributed by atoms with Crippen LogP contribution in [0.25, 0.3) is 0 Å². The first-order chi connectivity index (χ1) is 4.22. The maximum Gasteiger partial charge on any atom is 0.0955 e. The minimum Gasteiger partial charge on any atom is -0.387 e. The van der Waals surface area contributed by atoms with Crippen LogP contribution in [0.5, 0.6) is 0 Å². The molecule has 1 N–H and O–H groups in total. The summed E-state index contributed by atoms with van der Waals surface area (Å²) in [5.41, 5.74) is 0. The molecule has 2 heteroatoms. The zero-order chi connectivity index (χ0) is 6.85. The minimum absolute atomic E-state index is 0.155. The van der Waals surface area contributed by atoms with E-state index in [4.69, 9.17) is 11.6 Å². The highest BCUT2D eigenvalue weighted by atomic mass is 35.5. The average molecular weight is 145 g/mol. The molecular formula is C7H9ClO. The van der Waals surface area contributed by atoms with Crippen LogP contribution in [0.4, 0.5) is 0 Å². The summed E-state index contributed by atoms with van der Waals surface area (Å²) in [5.74, 6) is 0.155. The van der Waals surface area contributed by atoms with E-state index in [1.165, 1.54) is 0 Å². The van der Waals surface area contributed by atoms with Gasteiger partial charge in [0.25, 0.3) is 0 Å². The molecule has 0 aromatic carbocycles. The van der Waals surface area contributed by atoms with Gasteiger partial charge in [-0.25, -0.2) is 0 Å². The van der Waals surface area contributed by atoms with E-state index in [1.807, 2.05) is 19.1 Å². The maximum absolute atomic E-state index is 9.19. The number of hydrogen-bond donors (Lipinski definition) is 1. The molecule has 1 unspecified atom stereocenters. The zero-order valence-corrected chi connectivity index (χ0v) is 5.97. The molecule has 0 aromatic heterocycles. The maximum atomic E-state index is 9.19. The topological polar surface area (TPSA) is 20.2 Å². The van der Waals surface area contributed by atoms with Crippen LogP contribution in [0.1, 0.15) is 6.92 Å². The smallest absolute Gasteiger partial charge is 0.0955 e. The van der Waals surface area contributed by atoms with Crippen molar-refractivity contribution in [2.45, 2.75) is 13.0 Å². The van der Waals surface area contributed by atoms with E-state index in [0.717, 1.165) is 0 Å². The summed E-state index contributed by atoms with van der Waals surface area (Å²) in [6.45, 7) is 1.93. The number of hydrogen-bond acceptors (Lipinski definition) is 1. The number of aliphatic hydroxyl groups excluding tert-OH is 1. The predicted molar refractivity (Wildman–Crippen MR) is 38.2 cm³/mol. The van der Waals surface area contributed by atoms with Gasteiger partial charge in [-0.15, -0.1) is 0 Å². The summed E-state index contributed by atoms with van der Waals surface area (Å²) in [7, 11) is 0. The molecule has 50 valence electrons. The van der Waals surface area contributed by atoms with Gasteiger partial charge in [0.15, 0.2) is 0 Å². The molecule has 0 saturated heterocycles. The molecule has 0 spiro atoms. The Labute approximate surface area is 59.6 Å². The molecule has 0 bridgehead atoms. The Balaban J connectivity index is 2.73. The second kappa shape index (κ2) is 2.54. The Hall–Kier alpha value is -0.270.